The summed E-state index contributed by atoms with van der Waals surface area (Å²) in [6.07, 6.45) is 3.48. The Morgan fingerprint density at radius 2 is 2.08 bits per heavy atom. The van der Waals surface area contributed by atoms with Gasteiger partial charge in [-0.1, -0.05) is 0 Å². The van der Waals surface area contributed by atoms with Crippen molar-refractivity contribution in [1.29, 1.82) is 0 Å². The molecule has 124 valence electrons. The van der Waals surface area contributed by atoms with E-state index in [0.29, 0.717) is 31.9 Å². The lowest BCUT2D eigenvalue weighted by molar-refractivity contribution is -0.131. The highest BCUT2D eigenvalue weighted by Gasteiger charge is 2.47. The van der Waals surface area contributed by atoms with Crippen LogP contribution in [0.1, 0.15) is 21.7 Å². The van der Waals surface area contributed by atoms with Crippen LogP contribution in [0.5, 0.6) is 0 Å². The molecule has 4 heterocycles. The Labute approximate surface area is 139 Å². The second kappa shape index (κ2) is 5.74. The van der Waals surface area contributed by atoms with E-state index in [-0.39, 0.29) is 23.7 Å². The normalized spacial score (nSPS) is 23.0. The van der Waals surface area contributed by atoms with Crippen LogP contribution in [0, 0.1) is 18.8 Å². The van der Waals surface area contributed by atoms with E-state index in [9.17, 15) is 9.59 Å². The lowest BCUT2D eigenvalue weighted by Gasteiger charge is -2.21. The van der Waals surface area contributed by atoms with E-state index in [2.05, 4.69) is 15.2 Å². The second-order valence-corrected chi connectivity index (χ2v) is 6.59. The van der Waals surface area contributed by atoms with E-state index in [1.807, 2.05) is 24.0 Å². The quantitative estimate of drug-likeness (QED) is 0.907. The van der Waals surface area contributed by atoms with Crippen molar-refractivity contribution in [3.05, 3.63) is 47.5 Å². The van der Waals surface area contributed by atoms with Crippen LogP contribution >= 0.6 is 0 Å². The number of aryl methyl sites for hydroxylation is 1. The molecule has 2 atom stereocenters. The van der Waals surface area contributed by atoms with Gasteiger partial charge in [-0.25, -0.2) is 0 Å². The number of fused-ring (bicyclic) bond motifs is 1. The Morgan fingerprint density at radius 1 is 1.29 bits per heavy atom. The molecular weight excluding hydrogens is 306 g/mol. The van der Waals surface area contributed by atoms with E-state index in [1.54, 1.807) is 23.4 Å². The number of nitrogens with zero attached hydrogens (tertiary/aromatic N) is 4. The molecule has 2 aromatic rings. The first-order valence-corrected chi connectivity index (χ1v) is 8.11. The van der Waals surface area contributed by atoms with E-state index in [0.717, 1.165) is 11.3 Å². The van der Waals surface area contributed by atoms with Crippen molar-refractivity contribution in [3.8, 4) is 0 Å². The van der Waals surface area contributed by atoms with Gasteiger partial charge >= 0.3 is 0 Å². The fourth-order valence-electron chi connectivity index (χ4n) is 3.65. The van der Waals surface area contributed by atoms with E-state index in [4.69, 9.17) is 0 Å². The monoisotopic (exact) mass is 325 g/mol. The van der Waals surface area contributed by atoms with Gasteiger partial charge in [0.2, 0.25) is 5.91 Å². The molecule has 2 aromatic heterocycles. The van der Waals surface area contributed by atoms with Crippen molar-refractivity contribution < 1.29 is 9.59 Å². The van der Waals surface area contributed by atoms with Gasteiger partial charge in [-0.05, 0) is 30.7 Å². The predicted octanol–water partition coefficient (Wildman–Crippen LogP) is 0.844. The van der Waals surface area contributed by atoms with Crippen LogP contribution in [0.2, 0.25) is 0 Å². The van der Waals surface area contributed by atoms with E-state index < -0.39 is 0 Å². The number of pyridine rings is 1. The van der Waals surface area contributed by atoms with Gasteiger partial charge in [-0.15, -0.1) is 0 Å². The summed E-state index contributed by atoms with van der Waals surface area (Å²) in [4.78, 5) is 32.8. The van der Waals surface area contributed by atoms with Crippen LogP contribution in [0.4, 0.5) is 0 Å². The van der Waals surface area contributed by atoms with Crippen LogP contribution in [-0.4, -0.2) is 56.4 Å². The molecule has 2 amide bonds. The Kier molecular flexibility index (Phi) is 3.55. The number of H-pyrrole nitrogens is 1. The van der Waals surface area contributed by atoms with Crippen LogP contribution in [0.3, 0.4) is 0 Å². The largest absolute Gasteiger partial charge is 0.338 e. The van der Waals surface area contributed by atoms with Crippen molar-refractivity contribution in [2.24, 2.45) is 11.8 Å². The van der Waals surface area contributed by atoms with Crippen molar-refractivity contribution in [2.75, 3.05) is 19.6 Å². The highest BCUT2D eigenvalue weighted by atomic mass is 16.2. The van der Waals surface area contributed by atoms with Gasteiger partial charge in [-0.2, -0.15) is 5.10 Å². The van der Waals surface area contributed by atoms with Crippen molar-refractivity contribution in [2.45, 2.75) is 13.5 Å². The number of rotatable bonds is 3. The topological polar surface area (TPSA) is 82.2 Å². The molecule has 0 bridgehead atoms. The molecule has 2 aliphatic rings. The summed E-state index contributed by atoms with van der Waals surface area (Å²) in [5.74, 6) is 0.173. The molecule has 0 aromatic carbocycles. The smallest absolute Gasteiger partial charge is 0.274 e. The predicted molar refractivity (Wildman–Crippen MR) is 85.9 cm³/mol. The molecule has 2 aliphatic heterocycles. The summed E-state index contributed by atoms with van der Waals surface area (Å²) in [5.41, 5.74) is 2.36. The number of hydrogen-bond acceptors (Lipinski definition) is 4. The fourth-order valence-corrected chi connectivity index (χ4v) is 3.65. The third kappa shape index (κ3) is 2.55. The molecule has 7 heteroatoms. The summed E-state index contributed by atoms with van der Waals surface area (Å²) in [7, 11) is 0. The van der Waals surface area contributed by atoms with Crippen LogP contribution in [-0.2, 0) is 11.3 Å². The molecule has 1 N–H and O–H groups in total. The number of carbonyl (C=O) groups is 2. The van der Waals surface area contributed by atoms with Gasteiger partial charge in [0.15, 0.2) is 0 Å². The number of aromatic nitrogens is 3. The third-order valence-corrected chi connectivity index (χ3v) is 4.86. The van der Waals surface area contributed by atoms with Crippen molar-refractivity contribution in [1.82, 2.24) is 25.0 Å². The Hall–Kier alpha value is -2.70. The highest BCUT2D eigenvalue weighted by Crippen LogP contribution is 2.33. The molecule has 0 unspecified atom stereocenters. The van der Waals surface area contributed by atoms with Gasteiger partial charge in [0.1, 0.15) is 5.69 Å². The Morgan fingerprint density at radius 3 is 2.75 bits per heavy atom. The minimum absolute atomic E-state index is 0.0872. The van der Waals surface area contributed by atoms with Gasteiger partial charge < -0.3 is 9.80 Å². The number of aromatic amines is 1. The first-order chi connectivity index (χ1) is 11.6. The zero-order valence-corrected chi connectivity index (χ0v) is 13.5. The maximum absolute atomic E-state index is 12.7. The van der Waals surface area contributed by atoms with Crippen molar-refractivity contribution >= 4 is 11.8 Å². The standard InChI is InChI=1S/C17H19N5O2/c1-11-6-15(20-19-11)17(24)22-9-13-8-21(16(23)14(13)10-22)7-12-2-4-18-5-3-12/h2-6,13-14H,7-10H2,1H3,(H,19,20)/t13-,14+/m1/s1. The molecular formula is C17H19N5O2. The minimum Gasteiger partial charge on any atom is -0.338 e. The SMILES string of the molecule is Cc1cc(C(=O)N2C[C@H]3CN(Cc4ccncc4)C(=O)[C@H]3C2)n[nH]1. The molecule has 0 saturated carbocycles. The van der Waals surface area contributed by atoms with Crippen LogP contribution in [0.15, 0.2) is 30.6 Å². The number of nitrogens with one attached hydrogen (secondary N) is 1. The maximum atomic E-state index is 12.7. The first kappa shape index (κ1) is 14.9. The number of hydrogen-bond donors (Lipinski definition) is 1. The fraction of sp³-hybridized carbons (Fsp3) is 0.412. The average Bonchev–Trinajstić information content (AvgIpc) is 3.26. The summed E-state index contributed by atoms with van der Waals surface area (Å²) in [5, 5.41) is 6.82. The summed E-state index contributed by atoms with van der Waals surface area (Å²) < 4.78 is 0. The molecule has 2 saturated heterocycles. The molecule has 0 aliphatic carbocycles. The zero-order valence-electron chi connectivity index (χ0n) is 13.5. The summed E-state index contributed by atoms with van der Waals surface area (Å²) >= 11 is 0. The number of carbonyl (C=O) groups excluding carboxylic acids is 2. The second-order valence-electron chi connectivity index (χ2n) is 6.59. The van der Waals surface area contributed by atoms with Gasteiger partial charge in [0, 0.05) is 50.2 Å². The summed E-state index contributed by atoms with van der Waals surface area (Å²) in [6.45, 7) is 4.29. The first-order valence-electron chi connectivity index (χ1n) is 8.11. The molecule has 0 spiro atoms. The third-order valence-electron chi connectivity index (χ3n) is 4.86. The lowest BCUT2D eigenvalue weighted by atomic mass is 10.0. The van der Waals surface area contributed by atoms with Crippen LogP contribution < -0.4 is 0 Å². The molecule has 24 heavy (non-hydrogen) atoms. The lowest BCUT2D eigenvalue weighted by Crippen LogP contribution is -2.35. The minimum atomic E-state index is -0.0952. The van der Waals surface area contributed by atoms with Crippen molar-refractivity contribution in [3.63, 3.8) is 0 Å². The number of amides is 2. The van der Waals surface area contributed by atoms with Gasteiger partial charge in [0.05, 0.1) is 5.92 Å². The Balaban J connectivity index is 1.42. The molecule has 4 rings (SSSR count). The summed E-state index contributed by atoms with van der Waals surface area (Å²) in [6, 6.07) is 5.60. The van der Waals surface area contributed by atoms with Crippen LogP contribution in [0.25, 0.3) is 0 Å². The number of likely N-dealkylation sites (tertiary alicyclic amines) is 2. The Bertz CT molecular complexity index is 772. The average molecular weight is 325 g/mol. The maximum Gasteiger partial charge on any atom is 0.274 e. The molecule has 2 fully saturated rings. The van der Waals surface area contributed by atoms with Gasteiger partial charge in [-0.3, -0.25) is 19.7 Å². The van der Waals surface area contributed by atoms with Gasteiger partial charge in [0.25, 0.3) is 5.91 Å². The zero-order chi connectivity index (χ0) is 16.7. The molecule has 0 radical (unpaired) electrons. The highest BCUT2D eigenvalue weighted by molar-refractivity contribution is 5.93. The molecule has 7 nitrogen and oxygen atoms in total. The van der Waals surface area contributed by atoms with E-state index >= 15 is 0 Å². The van der Waals surface area contributed by atoms with E-state index in [1.165, 1.54) is 0 Å².